The molecule has 1 aromatic heterocycles. The summed E-state index contributed by atoms with van der Waals surface area (Å²) in [6.45, 7) is 7.55. The summed E-state index contributed by atoms with van der Waals surface area (Å²) in [5.41, 5.74) is 2.48. The van der Waals surface area contributed by atoms with Crippen molar-refractivity contribution < 1.29 is 4.74 Å². The SMILES string of the molecule is CCCCN1CCN(c2nc3c(c(=O)[nH]2)Cc2ccccc2OC3)CC1. The van der Waals surface area contributed by atoms with Gasteiger partial charge in [-0.3, -0.25) is 14.7 Å². The molecule has 0 bridgehead atoms. The predicted octanol–water partition coefficient (Wildman–Crippen LogP) is 2.18. The fourth-order valence-electron chi connectivity index (χ4n) is 3.68. The Hall–Kier alpha value is -2.34. The molecule has 1 fully saturated rings. The van der Waals surface area contributed by atoms with Crippen molar-refractivity contribution in [3.63, 3.8) is 0 Å². The number of fused-ring (bicyclic) bond motifs is 2. The van der Waals surface area contributed by atoms with Crippen LogP contribution >= 0.6 is 0 Å². The molecule has 6 heteroatoms. The second kappa shape index (κ2) is 7.50. The minimum absolute atomic E-state index is 0.0429. The van der Waals surface area contributed by atoms with Gasteiger partial charge in [-0.05, 0) is 24.6 Å². The van der Waals surface area contributed by atoms with Crippen molar-refractivity contribution in [1.29, 1.82) is 0 Å². The molecule has 2 aromatic rings. The molecule has 1 N–H and O–H groups in total. The summed E-state index contributed by atoms with van der Waals surface area (Å²) in [6, 6.07) is 7.89. The lowest BCUT2D eigenvalue weighted by molar-refractivity contribution is 0.252. The number of para-hydroxylation sites is 1. The van der Waals surface area contributed by atoms with Gasteiger partial charge in [-0.1, -0.05) is 31.5 Å². The third-order valence-corrected chi connectivity index (χ3v) is 5.29. The van der Waals surface area contributed by atoms with Crippen LogP contribution in [0.5, 0.6) is 5.75 Å². The number of benzene rings is 1. The number of unbranched alkanes of at least 4 members (excludes halogenated alkanes) is 1. The highest BCUT2D eigenvalue weighted by molar-refractivity contribution is 5.42. The van der Waals surface area contributed by atoms with Crippen LogP contribution in [0.25, 0.3) is 0 Å². The molecule has 2 aliphatic rings. The zero-order valence-electron chi connectivity index (χ0n) is 15.3. The molecular weight excluding hydrogens is 328 g/mol. The van der Waals surface area contributed by atoms with E-state index in [-0.39, 0.29) is 5.56 Å². The number of anilines is 1. The molecule has 0 radical (unpaired) electrons. The van der Waals surface area contributed by atoms with Gasteiger partial charge in [0.2, 0.25) is 5.95 Å². The van der Waals surface area contributed by atoms with E-state index in [1.807, 2.05) is 24.3 Å². The van der Waals surface area contributed by atoms with Gasteiger partial charge in [0.15, 0.2) is 0 Å². The highest BCUT2D eigenvalue weighted by Crippen LogP contribution is 2.26. The number of rotatable bonds is 4. The van der Waals surface area contributed by atoms with Crippen LogP contribution in [0.4, 0.5) is 5.95 Å². The number of hydrogen-bond acceptors (Lipinski definition) is 5. The number of nitrogens with one attached hydrogen (secondary N) is 1. The van der Waals surface area contributed by atoms with Crippen LogP contribution in [-0.4, -0.2) is 47.6 Å². The fraction of sp³-hybridized carbons (Fsp3) is 0.500. The Kier molecular flexibility index (Phi) is 4.93. The van der Waals surface area contributed by atoms with Crippen LogP contribution in [0.1, 0.15) is 36.6 Å². The number of nitrogens with zero attached hydrogens (tertiary/aromatic N) is 3. The maximum absolute atomic E-state index is 12.7. The third kappa shape index (κ3) is 3.46. The van der Waals surface area contributed by atoms with Gasteiger partial charge in [0.05, 0.1) is 5.69 Å². The molecule has 138 valence electrons. The largest absolute Gasteiger partial charge is 0.487 e. The van der Waals surface area contributed by atoms with E-state index in [0.717, 1.165) is 55.3 Å². The van der Waals surface area contributed by atoms with Crippen molar-refractivity contribution in [3.05, 3.63) is 51.4 Å². The second-order valence-electron chi connectivity index (χ2n) is 7.07. The fourth-order valence-corrected chi connectivity index (χ4v) is 3.68. The molecule has 6 nitrogen and oxygen atoms in total. The van der Waals surface area contributed by atoms with E-state index in [1.54, 1.807) is 0 Å². The number of piperazine rings is 1. The Balaban J connectivity index is 1.52. The van der Waals surface area contributed by atoms with Gasteiger partial charge in [0, 0.05) is 38.2 Å². The van der Waals surface area contributed by atoms with Crippen molar-refractivity contribution in [2.75, 3.05) is 37.6 Å². The predicted molar refractivity (Wildman–Crippen MR) is 102 cm³/mol. The van der Waals surface area contributed by atoms with Gasteiger partial charge in [-0.25, -0.2) is 4.98 Å². The third-order valence-electron chi connectivity index (χ3n) is 5.29. The molecule has 0 spiro atoms. The summed E-state index contributed by atoms with van der Waals surface area (Å²) in [6.07, 6.45) is 3.03. The standard InChI is InChI=1S/C20H26N4O2/c1-2-3-8-23-9-11-24(12-10-23)20-21-17-14-26-18-7-5-4-6-15(18)13-16(17)19(25)22-20/h4-7H,2-3,8-14H2,1H3,(H,21,22,25). The average Bonchev–Trinajstić information content (AvgIpc) is 2.87. The van der Waals surface area contributed by atoms with E-state index in [4.69, 9.17) is 9.72 Å². The smallest absolute Gasteiger partial charge is 0.256 e. The minimum atomic E-state index is -0.0429. The molecule has 0 saturated carbocycles. The average molecular weight is 354 g/mol. The first-order valence-corrected chi connectivity index (χ1v) is 9.54. The molecule has 0 atom stereocenters. The topological polar surface area (TPSA) is 61.5 Å². The van der Waals surface area contributed by atoms with Gasteiger partial charge in [-0.2, -0.15) is 0 Å². The summed E-state index contributed by atoms with van der Waals surface area (Å²) in [5, 5.41) is 0. The second-order valence-corrected chi connectivity index (χ2v) is 7.07. The molecule has 0 amide bonds. The van der Waals surface area contributed by atoms with Crippen molar-refractivity contribution in [2.24, 2.45) is 0 Å². The van der Waals surface area contributed by atoms with Crippen molar-refractivity contribution in [1.82, 2.24) is 14.9 Å². The Morgan fingerprint density at radius 3 is 2.81 bits per heavy atom. The van der Waals surface area contributed by atoms with Crippen LogP contribution < -0.4 is 15.2 Å². The van der Waals surface area contributed by atoms with E-state index in [1.165, 1.54) is 12.8 Å². The quantitative estimate of drug-likeness (QED) is 0.912. The summed E-state index contributed by atoms with van der Waals surface area (Å²) in [7, 11) is 0. The van der Waals surface area contributed by atoms with E-state index in [9.17, 15) is 4.79 Å². The lowest BCUT2D eigenvalue weighted by Crippen LogP contribution is -2.47. The Morgan fingerprint density at radius 2 is 2.00 bits per heavy atom. The molecular formula is C20H26N4O2. The number of aromatic nitrogens is 2. The van der Waals surface area contributed by atoms with Crippen molar-refractivity contribution in [3.8, 4) is 5.75 Å². The van der Waals surface area contributed by atoms with Gasteiger partial charge in [0.1, 0.15) is 12.4 Å². The summed E-state index contributed by atoms with van der Waals surface area (Å²) >= 11 is 0. The highest BCUT2D eigenvalue weighted by Gasteiger charge is 2.23. The molecule has 0 unspecified atom stereocenters. The first-order valence-electron chi connectivity index (χ1n) is 9.54. The number of hydrogen-bond donors (Lipinski definition) is 1. The van der Waals surface area contributed by atoms with E-state index in [0.29, 0.717) is 19.0 Å². The van der Waals surface area contributed by atoms with E-state index in [2.05, 4.69) is 21.7 Å². The number of ether oxygens (including phenoxy) is 1. The molecule has 4 rings (SSSR count). The van der Waals surface area contributed by atoms with Crippen molar-refractivity contribution in [2.45, 2.75) is 32.8 Å². The Bertz CT molecular complexity index is 825. The van der Waals surface area contributed by atoms with Gasteiger partial charge in [-0.15, -0.1) is 0 Å². The molecule has 2 aliphatic heterocycles. The molecule has 3 heterocycles. The van der Waals surface area contributed by atoms with Gasteiger partial charge >= 0.3 is 0 Å². The molecule has 1 saturated heterocycles. The lowest BCUT2D eigenvalue weighted by Gasteiger charge is -2.35. The lowest BCUT2D eigenvalue weighted by atomic mass is 10.1. The molecule has 0 aliphatic carbocycles. The number of aromatic amines is 1. The summed E-state index contributed by atoms with van der Waals surface area (Å²) in [5.74, 6) is 1.52. The summed E-state index contributed by atoms with van der Waals surface area (Å²) in [4.78, 5) is 25.1. The molecule has 1 aromatic carbocycles. The minimum Gasteiger partial charge on any atom is -0.487 e. The van der Waals surface area contributed by atoms with Crippen LogP contribution in [0, 0.1) is 0 Å². The first kappa shape index (κ1) is 17.1. The normalized spacial score (nSPS) is 17.2. The van der Waals surface area contributed by atoms with Gasteiger partial charge < -0.3 is 9.64 Å². The zero-order valence-corrected chi connectivity index (χ0v) is 15.3. The Labute approximate surface area is 153 Å². The van der Waals surface area contributed by atoms with Crippen LogP contribution in [-0.2, 0) is 13.0 Å². The maximum Gasteiger partial charge on any atom is 0.256 e. The van der Waals surface area contributed by atoms with Crippen LogP contribution in [0.2, 0.25) is 0 Å². The van der Waals surface area contributed by atoms with Crippen molar-refractivity contribution >= 4 is 5.95 Å². The van der Waals surface area contributed by atoms with E-state index < -0.39 is 0 Å². The highest BCUT2D eigenvalue weighted by atomic mass is 16.5. The Morgan fingerprint density at radius 1 is 1.19 bits per heavy atom. The van der Waals surface area contributed by atoms with E-state index >= 15 is 0 Å². The monoisotopic (exact) mass is 354 g/mol. The van der Waals surface area contributed by atoms with Crippen LogP contribution in [0.15, 0.2) is 29.1 Å². The number of H-pyrrole nitrogens is 1. The summed E-state index contributed by atoms with van der Waals surface area (Å²) < 4.78 is 5.89. The first-order chi connectivity index (χ1) is 12.7. The van der Waals surface area contributed by atoms with Gasteiger partial charge in [0.25, 0.3) is 5.56 Å². The maximum atomic E-state index is 12.7. The molecule has 26 heavy (non-hydrogen) atoms. The van der Waals surface area contributed by atoms with Crippen LogP contribution in [0.3, 0.4) is 0 Å². The zero-order chi connectivity index (χ0) is 17.9.